The van der Waals surface area contributed by atoms with Gasteiger partial charge in [-0.2, -0.15) is 0 Å². The summed E-state index contributed by atoms with van der Waals surface area (Å²) in [7, 11) is 1.87. The van der Waals surface area contributed by atoms with Crippen molar-refractivity contribution >= 4 is 5.91 Å². The van der Waals surface area contributed by atoms with Gasteiger partial charge >= 0.3 is 0 Å². The molecule has 1 aromatic rings. The van der Waals surface area contributed by atoms with Crippen LogP contribution in [0.1, 0.15) is 17.2 Å². The highest BCUT2D eigenvalue weighted by atomic mass is 16.5. The molecule has 15 heavy (non-hydrogen) atoms. The summed E-state index contributed by atoms with van der Waals surface area (Å²) >= 11 is 0. The maximum absolute atomic E-state index is 11.5. The summed E-state index contributed by atoms with van der Waals surface area (Å²) in [5.41, 5.74) is 2.57. The van der Waals surface area contributed by atoms with Gasteiger partial charge in [0.2, 0.25) is 5.91 Å². The molecule has 0 unspecified atom stereocenters. The molecule has 0 spiro atoms. The SMILES string of the molecule is CN1C(=O)CO[C@@H]2c3ccccc3C[C@H]21. The third-order valence-electron chi connectivity index (χ3n) is 3.42. The minimum Gasteiger partial charge on any atom is -0.362 e. The number of ether oxygens (including phenoxy) is 1. The third kappa shape index (κ3) is 1.20. The van der Waals surface area contributed by atoms with E-state index in [-0.39, 0.29) is 24.7 Å². The molecule has 1 fully saturated rings. The maximum Gasteiger partial charge on any atom is 0.248 e. The zero-order valence-electron chi connectivity index (χ0n) is 8.64. The number of nitrogens with zero attached hydrogens (tertiary/aromatic N) is 1. The summed E-state index contributed by atoms with van der Waals surface area (Å²) in [4.78, 5) is 13.3. The molecule has 3 rings (SSSR count). The van der Waals surface area contributed by atoms with Gasteiger partial charge in [0.25, 0.3) is 0 Å². The fraction of sp³-hybridized carbons (Fsp3) is 0.417. The molecule has 1 aliphatic carbocycles. The summed E-state index contributed by atoms with van der Waals surface area (Å²) in [5.74, 6) is 0.0871. The third-order valence-corrected chi connectivity index (χ3v) is 3.42. The highest BCUT2D eigenvalue weighted by Crippen LogP contribution is 2.38. The van der Waals surface area contributed by atoms with E-state index in [1.807, 2.05) is 24.1 Å². The van der Waals surface area contributed by atoms with Crippen LogP contribution in [0.25, 0.3) is 0 Å². The summed E-state index contributed by atoms with van der Waals surface area (Å²) in [6.07, 6.45) is 1.01. The second-order valence-corrected chi connectivity index (χ2v) is 4.21. The number of carbonyl (C=O) groups is 1. The number of amides is 1. The Bertz CT molecular complexity index is 416. The Labute approximate surface area is 88.6 Å². The average Bonchev–Trinajstić information content (AvgIpc) is 2.63. The van der Waals surface area contributed by atoms with Crippen molar-refractivity contribution < 1.29 is 9.53 Å². The van der Waals surface area contributed by atoms with E-state index < -0.39 is 0 Å². The summed E-state index contributed by atoms with van der Waals surface area (Å²) in [6.45, 7) is 0.214. The summed E-state index contributed by atoms with van der Waals surface area (Å²) in [5, 5.41) is 0. The Morgan fingerprint density at radius 3 is 3.07 bits per heavy atom. The first-order valence-electron chi connectivity index (χ1n) is 5.22. The fourth-order valence-electron chi connectivity index (χ4n) is 2.53. The zero-order chi connectivity index (χ0) is 10.4. The molecule has 3 nitrogen and oxygen atoms in total. The van der Waals surface area contributed by atoms with Crippen molar-refractivity contribution in [1.82, 2.24) is 4.90 Å². The van der Waals surface area contributed by atoms with Crippen molar-refractivity contribution in [3.05, 3.63) is 35.4 Å². The Morgan fingerprint density at radius 1 is 1.40 bits per heavy atom. The molecule has 2 atom stereocenters. The lowest BCUT2D eigenvalue weighted by Gasteiger charge is -2.34. The highest BCUT2D eigenvalue weighted by molar-refractivity contribution is 5.78. The average molecular weight is 203 g/mol. The van der Waals surface area contributed by atoms with Crippen LogP contribution in [0.3, 0.4) is 0 Å². The minimum absolute atomic E-state index is 0.0869. The Morgan fingerprint density at radius 2 is 2.20 bits per heavy atom. The number of benzene rings is 1. The van der Waals surface area contributed by atoms with Crippen molar-refractivity contribution in [2.24, 2.45) is 0 Å². The lowest BCUT2D eigenvalue weighted by Crippen LogP contribution is -2.47. The van der Waals surface area contributed by atoms with Crippen molar-refractivity contribution in [3.8, 4) is 0 Å². The van der Waals surface area contributed by atoms with Crippen LogP contribution in [0.5, 0.6) is 0 Å². The van der Waals surface area contributed by atoms with Crippen LogP contribution < -0.4 is 0 Å². The van der Waals surface area contributed by atoms with Gasteiger partial charge in [-0.1, -0.05) is 24.3 Å². The molecule has 0 N–H and O–H groups in total. The first kappa shape index (κ1) is 8.92. The second kappa shape index (κ2) is 3.07. The molecule has 0 radical (unpaired) electrons. The molecule has 1 amide bonds. The second-order valence-electron chi connectivity index (χ2n) is 4.21. The lowest BCUT2D eigenvalue weighted by atomic mass is 10.1. The van der Waals surface area contributed by atoms with Gasteiger partial charge < -0.3 is 9.64 Å². The number of rotatable bonds is 0. The van der Waals surface area contributed by atoms with Crippen LogP contribution in [0.4, 0.5) is 0 Å². The van der Waals surface area contributed by atoms with Gasteiger partial charge in [0, 0.05) is 7.05 Å². The molecular formula is C12H13NO2. The Hall–Kier alpha value is -1.35. The first-order valence-corrected chi connectivity index (χ1v) is 5.22. The van der Waals surface area contributed by atoms with Gasteiger partial charge in [-0.15, -0.1) is 0 Å². The molecule has 0 saturated carbocycles. The molecule has 0 aromatic heterocycles. The molecule has 1 aromatic carbocycles. The van der Waals surface area contributed by atoms with E-state index in [0.717, 1.165) is 6.42 Å². The van der Waals surface area contributed by atoms with Gasteiger partial charge in [0.1, 0.15) is 12.7 Å². The lowest BCUT2D eigenvalue weighted by molar-refractivity contribution is -0.153. The predicted octanol–water partition coefficient (Wildman–Crippen LogP) is 1.14. The molecule has 0 bridgehead atoms. The van der Waals surface area contributed by atoms with E-state index in [1.54, 1.807) is 0 Å². The largest absolute Gasteiger partial charge is 0.362 e. The predicted molar refractivity (Wildman–Crippen MR) is 55.4 cm³/mol. The standard InChI is InChI=1S/C12H13NO2/c1-13-10-6-8-4-2-3-5-9(8)12(10)15-7-11(13)14/h2-5,10,12H,6-7H2,1H3/t10-,12-/m1/s1. The number of hydrogen-bond donors (Lipinski definition) is 0. The molecule has 1 saturated heterocycles. The minimum atomic E-state index is 0.0869. The number of carbonyl (C=O) groups excluding carboxylic acids is 1. The number of likely N-dealkylation sites (N-methyl/N-ethyl adjacent to an activating group) is 1. The molecule has 78 valence electrons. The molecule has 3 heteroatoms. The van der Waals surface area contributed by atoms with Gasteiger partial charge in [-0.05, 0) is 17.5 Å². The fourth-order valence-corrected chi connectivity index (χ4v) is 2.53. The number of hydrogen-bond acceptors (Lipinski definition) is 2. The Balaban J connectivity index is 2.00. The van der Waals surface area contributed by atoms with Crippen LogP contribution in [0.15, 0.2) is 24.3 Å². The first-order chi connectivity index (χ1) is 7.27. The summed E-state index contributed by atoms with van der Waals surface area (Å²) in [6, 6.07) is 8.49. The molecule has 1 heterocycles. The number of fused-ring (bicyclic) bond motifs is 3. The quantitative estimate of drug-likeness (QED) is 0.633. The normalized spacial score (nSPS) is 28.9. The molecular weight excluding hydrogens is 190 g/mol. The zero-order valence-corrected chi connectivity index (χ0v) is 8.64. The van der Waals surface area contributed by atoms with Crippen molar-refractivity contribution in [3.63, 3.8) is 0 Å². The molecule has 1 aliphatic heterocycles. The van der Waals surface area contributed by atoms with Crippen molar-refractivity contribution in [2.45, 2.75) is 18.6 Å². The van der Waals surface area contributed by atoms with Crippen molar-refractivity contribution in [1.29, 1.82) is 0 Å². The van der Waals surface area contributed by atoms with Gasteiger partial charge in [0.15, 0.2) is 0 Å². The van der Waals surface area contributed by atoms with Crippen LogP contribution in [0, 0.1) is 0 Å². The van der Waals surface area contributed by atoms with E-state index >= 15 is 0 Å². The van der Waals surface area contributed by atoms with Crippen molar-refractivity contribution in [2.75, 3.05) is 13.7 Å². The van der Waals surface area contributed by atoms with E-state index in [4.69, 9.17) is 4.74 Å². The molecule has 2 aliphatic rings. The number of morpholine rings is 1. The van der Waals surface area contributed by atoms with E-state index in [0.29, 0.717) is 0 Å². The van der Waals surface area contributed by atoms with Crippen LogP contribution in [-0.4, -0.2) is 30.5 Å². The monoisotopic (exact) mass is 203 g/mol. The summed E-state index contributed by atoms with van der Waals surface area (Å²) < 4.78 is 5.62. The van der Waals surface area contributed by atoms with Gasteiger partial charge in [0.05, 0.1) is 6.04 Å². The van der Waals surface area contributed by atoms with Crippen LogP contribution >= 0.6 is 0 Å². The topological polar surface area (TPSA) is 29.5 Å². The Kier molecular flexibility index (Phi) is 1.83. The van der Waals surface area contributed by atoms with Crippen LogP contribution in [0.2, 0.25) is 0 Å². The van der Waals surface area contributed by atoms with E-state index in [2.05, 4.69) is 12.1 Å². The van der Waals surface area contributed by atoms with Gasteiger partial charge in [-0.25, -0.2) is 0 Å². The van der Waals surface area contributed by atoms with Gasteiger partial charge in [-0.3, -0.25) is 4.79 Å². The highest BCUT2D eigenvalue weighted by Gasteiger charge is 2.40. The smallest absolute Gasteiger partial charge is 0.248 e. The van der Waals surface area contributed by atoms with Crippen LogP contribution in [-0.2, 0) is 16.0 Å². The van der Waals surface area contributed by atoms with E-state index in [9.17, 15) is 4.79 Å². The maximum atomic E-state index is 11.5. The van der Waals surface area contributed by atoms with E-state index in [1.165, 1.54) is 11.1 Å².